The van der Waals surface area contributed by atoms with E-state index in [0.29, 0.717) is 19.8 Å². The Kier molecular flexibility index (Phi) is 5.24. The third kappa shape index (κ3) is 3.49. The number of hydrogen-bond donors (Lipinski definition) is 1. The molecule has 0 aliphatic carbocycles. The van der Waals surface area contributed by atoms with Crippen LogP contribution >= 0.6 is 0 Å². The van der Waals surface area contributed by atoms with Gasteiger partial charge in [-0.1, -0.05) is 6.07 Å². The number of hydrogen-bond acceptors (Lipinski definition) is 3. The van der Waals surface area contributed by atoms with E-state index >= 15 is 0 Å². The maximum atomic E-state index is 13.8. The molecule has 0 spiro atoms. The van der Waals surface area contributed by atoms with Crippen molar-refractivity contribution in [2.75, 3.05) is 33.4 Å². The van der Waals surface area contributed by atoms with Crippen LogP contribution in [-0.2, 0) is 9.47 Å². The molecule has 5 heteroatoms. The van der Waals surface area contributed by atoms with Crippen LogP contribution in [0.4, 0.5) is 8.78 Å². The Balaban J connectivity index is 2.02. The lowest BCUT2D eigenvalue weighted by Gasteiger charge is -2.20. The molecule has 0 bridgehead atoms. The van der Waals surface area contributed by atoms with Crippen molar-refractivity contribution < 1.29 is 18.3 Å². The topological polar surface area (TPSA) is 30.5 Å². The van der Waals surface area contributed by atoms with Crippen molar-refractivity contribution in [1.29, 1.82) is 0 Å². The molecule has 2 rings (SSSR count). The summed E-state index contributed by atoms with van der Waals surface area (Å²) in [5.74, 6) is -0.981. The van der Waals surface area contributed by atoms with E-state index in [9.17, 15) is 8.78 Å². The van der Waals surface area contributed by atoms with E-state index in [1.54, 1.807) is 7.11 Å². The van der Waals surface area contributed by atoms with E-state index in [-0.39, 0.29) is 11.5 Å². The Morgan fingerprint density at radius 1 is 1.37 bits per heavy atom. The highest BCUT2D eigenvalue weighted by molar-refractivity contribution is 5.23. The molecule has 19 heavy (non-hydrogen) atoms. The zero-order chi connectivity index (χ0) is 13.7. The molecule has 1 N–H and O–H groups in total. The van der Waals surface area contributed by atoms with Crippen molar-refractivity contribution in [2.24, 2.45) is 5.92 Å². The van der Waals surface area contributed by atoms with Gasteiger partial charge in [-0.25, -0.2) is 8.78 Å². The summed E-state index contributed by atoms with van der Waals surface area (Å²) < 4.78 is 38.0. The molecule has 0 saturated carbocycles. The fraction of sp³-hybridized carbons (Fsp3) is 0.571. The van der Waals surface area contributed by atoms with Gasteiger partial charge in [-0.15, -0.1) is 0 Å². The molecule has 1 aliphatic heterocycles. The highest BCUT2D eigenvalue weighted by Gasteiger charge is 2.33. The number of methoxy groups -OCH3 is 1. The van der Waals surface area contributed by atoms with E-state index in [2.05, 4.69) is 5.32 Å². The van der Waals surface area contributed by atoms with Crippen LogP contribution in [0.5, 0.6) is 0 Å². The predicted molar refractivity (Wildman–Crippen MR) is 67.9 cm³/mol. The number of rotatable bonds is 6. The number of benzene rings is 1. The van der Waals surface area contributed by atoms with Crippen LogP contribution in [-0.4, -0.2) is 33.4 Å². The van der Waals surface area contributed by atoms with Crippen LogP contribution in [0, 0.1) is 17.6 Å². The Bertz CT molecular complexity index is 394. The SMILES string of the molecule is COCCNCC1CCOC1c1c(F)cccc1F. The summed E-state index contributed by atoms with van der Waals surface area (Å²) >= 11 is 0. The first-order valence-corrected chi connectivity index (χ1v) is 6.49. The highest BCUT2D eigenvalue weighted by atomic mass is 19.1. The summed E-state index contributed by atoms with van der Waals surface area (Å²) in [6.45, 7) is 2.54. The van der Waals surface area contributed by atoms with E-state index in [1.165, 1.54) is 18.2 Å². The molecule has 2 unspecified atom stereocenters. The van der Waals surface area contributed by atoms with Crippen molar-refractivity contribution >= 4 is 0 Å². The molecule has 0 aromatic heterocycles. The van der Waals surface area contributed by atoms with Gasteiger partial charge in [-0.3, -0.25) is 0 Å². The first-order chi connectivity index (χ1) is 9.24. The van der Waals surface area contributed by atoms with Gasteiger partial charge in [-0.05, 0) is 18.6 Å². The minimum Gasteiger partial charge on any atom is -0.383 e. The Hall–Kier alpha value is -1.04. The second-order valence-electron chi connectivity index (χ2n) is 4.67. The van der Waals surface area contributed by atoms with E-state index in [1.807, 2.05) is 0 Å². The summed E-state index contributed by atoms with van der Waals surface area (Å²) in [6.07, 6.45) is 0.301. The highest BCUT2D eigenvalue weighted by Crippen LogP contribution is 2.36. The Morgan fingerprint density at radius 3 is 2.79 bits per heavy atom. The average Bonchev–Trinajstić information content (AvgIpc) is 2.83. The third-order valence-corrected chi connectivity index (χ3v) is 3.39. The molecule has 1 aromatic carbocycles. The fourth-order valence-electron chi connectivity index (χ4n) is 2.41. The standard InChI is InChI=1S/C14H19F2NO2/c1-18-8-6-17-9-10-5-7-19-14(10)13-11(15)3-2-4-12(13)16/h2-4,10,14,17H,5-9H2,1H3. The monoisotopic (exact) mass is 271 g/mol. The molecular weight excluding hydrogens is 252 g/mol. The number of ether oxygens (including phenoxy) is 2. The number of nitrogens with one attached hydrogen (secondary N) is 1. The summed E-state index contributed by atoms with van der Waals surface area (Å²) in [5.41, 5.74) is 0.0542. The lowest BCUT2D eigenvalue weighted by Crippen LogP contribution is -2.28. The zero-order valence-electron chi connectivity index (χ0n) is 11.0. The minimum atomic E-state index is -0.534. The lowest BCUT2D eigenvalue weighted by atomic mass is 9.94. The molecule has 0 amide bonds. The van der Waals surface area contributed by atoms with Gasteiger partial charge in [0.25, 0.3) is 0 Å². The van der Waals surface area contributed by atoms with E-state index in [4.69, 9.17) is 9.47 Å². The van der Waals surface area contributed by atoms with Gasteiger partial charge in [0.15, 0.2) is 0 Å². The first kappa shape index (κ1) is 14.4. The second kappa shape index (κ2) is 6.93. The summed E-state index contributed by atoms with van der Waals surface area (Å²) in [7, 11) is 1.64. The Labute approximate surface area is 111 Å². The van der Waals surface area contributed by atoms with Gasteiger partial charge >= 0.3 is 0 Å². The summed E-state index contributed by atoms with van der Waals surface area (Å²) in [6, 6.07) is 3.92. The molecular formula is C14H19F2NO2. The van der Waals surface area contributed by atoms with Crippen molar-refractivity contribution in [1.82, 2.24) is 5.32 Å². The van der Waals surface area contributed by atoms with Crippen LogP contribution in [0.25, 0.3) is 0 Å². The van der Waals surface area contributed by atoms with Gasteiger partial charge in [0.2, 0.25) is 0 Å². The summed E-state index contributed by atoms with van der Waals surface area (Å²) in [5, 5.41) is 3.22. The zero-order valence-corrected chi connectivity index (χ0v) is 11.0. The van der Waals surface area contributed by atoms with Crippen LogP contribution in [0.15, 0.2) is 18.2 Å². The molecule has 1 saturated heterocycles. The maximum Gasteiger partial charge on any atom is 0.131 e. The quantitative estimate of drug-likeness (QED) is 0.805. The van der Waals surface area contributed by atoms with Crippen molar-refractivity contribution in [2.45, 2.75) is 12.5 Å². The molecule has 1 aromatic rings. The van der Waals surface area contributed by atoms with Gasteiger partial charge in [0.1, 0.15) is 11.6 Å². The Morgan fingerprint density at radius 2 is 2.11 bits per heavy atom. The molecule has 1 aliphatic rings. The van der Waals surface area contributed by atoms with Crippen LogP contribution in [0.1, 0.15) is 18.1 Å². The lowest BCUT2D eigenvalue weighted by molar-refractivity contribution is 0.0836. The molecule has 2 atom stereocenters. The van der Waals surface area contributed by atoms with Crippen molar-refractivity contribution in [3.05, 3.63) is 35.4 Å². The largest absolute Gasteiger partial charge is 0.383 e. The van der Waals surface area contributed by atoms with E-state index in [0.717, 1.165) is 13.0 Å². The molecule has 0 radical (unpaired) electrons. The smallest absolute Gasteiger partial charge is 0.131 e. The van der Waals surface area contributed by atoms with Crippen molar-refractivity contribution in [3.8, 4) is 0 Å². The van der Waals surface area contributed by atoms with Crippen LogP contribution in [0.3, 0.4) is 0 Å². The van der Waals surface area contributed by atoms with E-state index < -0.39 is 17.7 Å². The van der Waals surface area contributed by atoms with Gasteiger partial charge in [-0.2, -0.15) is 0 Å². The van der Waals surface area contributed by atoms with Gasteiger partial charge < -0.3 is 14.8 Å². The molecule has 106 valence electrons. The first-order valence-electron chi connectivity index (χ1n) is 6.49. The number of halogens is 2. The van der Waals surface area contributed by atoms with Gasteiger partial charge in [0, 0.05) is 32.7 Å². The van der Waals surface area contributed by atoms with Crippen LogP contribution in [0.2, 0.25) is 0 Å². The van der Waals surface area contributed by atoms with Crippen molar-refractivity contribution in [3.63, 3.8) is 0 Å². The minimum absolute atomic E-state index is 0.0542. The predicted octanol–water partition coefficient (Wildman–Crippen LogP) is 2.28. The second-order valence-corrected chi connectivity index (χ2v) is 4.67. The fourth-order valence-corrected chi connectivity index (χ4v) is 2.41. The van der Waals surface area contributed by atoms with Gasteiger partial charge in [0.05, 0.1) is 18.3 Å². The molecule has 1 fully saturated rings. The third-order valence-electron chi connectivity index (χ3n) is 3.39. The van der Waals surface area contributed by atoms with Crippen LogP contribution < -0.4 is 5.32 Å². The molecule has 1 heterocycles. The average molecular weight is 271 g/mol. The summed E-state index contributed by atoms with van der Waals surface area (Å²) in [4.78, 5) is 0. The maximum absolute atomic E-state index is 13.8. The molecule has 3 nitrogen and oxygen atoms in total. The normalized spacial score (nSPS) is 22.9.